The van der Waals surface area contributed by atoms with Gasteiger partial charge >= 0.3 is 0 Å². The number of fused-ring (bicyclic) bond motifs is 1. The van der Waals surface area contributed by atoms with Crippen LogP contribution < -0.4 is 0 Å². The predicted octanol–water partition coefficient (Wildman–Crippen LogP) is 3.42. The van der Waals surface area contributed by atoms with Crippen LogP contribution in [0.5, 0.6) is 0 Å². The molecule has 2 aromatic rings. The molecule has 96 valence electrons. The van der Waals surface area contributed by atoms with E-state index in [0.29, 0.717) is 0 Å². The van der Waals surface area contributed by atoms with Gasteiger partial charge in [0.1, 0.15) is 0 Å². The van der Waals surface area contributed by atoms with Crippen molar-refractivity contribution in [3.8, 4) is 0 Å². The van der Waals surface area contributed by atoms with Crippen molar-refractivity contribution in [2.24, 2.45) is 7.05 Å². The van der Waals surface area contributed by atoms with Crippen LogP contribution in [0.1, 0.15) is 24.2 Å². The van der Waals surface area contributed by atoms with Crippen LogP contribution in [0.4, 0.5) is 0 Å². The smallest absolute Gasteiger partial charge is 0.257 e. The summed E-state index contributed by atoms with van der Waals surface area (Å²) in [6.45, 7) is 5.46. The lowest BCUT2D eigenvalue weighted by atomic mass is 10.1. The molecule has 4 heteroatoms. The molecule has 0 radical (unpaired) electrons. The van der Waals surface area contributed by atoms with Crippen LogP contribution in [0.15, 0.2) is 28.9 Å². The van der Waals surface area contributed by atoms with Gasteiger partial charge in [-0.05, 0) is 35.8 Å². The highest BCUT2D eigenvalue weighted by Crippen LogP contribution is 2.30. The van der Waals surface area contributed by atoms with Crippen molar-refractivity contribution in [1.82, 2.24) is 9.47 Å². The zero-order valence-electron chi connectivity index (χ0n) is 10.9. The van der Waals surface area contributed by atoms with Crippen LogP contribution >= 0.6 is 15.9 Å². The van der Waals surface area contributed by atoms with Crippen molar-refractivity contribution < 1.29 is 4.79 Å². The van der Waals surface area contributed by atoms with Gasteiger partial charge in [-0.15, -0.1) is 0 Å². The normalized spacial score (nSPS) is 10.9. The highest BCUT2D eigenvalue weighted by atomic mass is 79.9. The topological polar surface area (TPSA) is 25.2 Å². The Labute approximate surface area is 116 Å². The summed E-state index contributed by atoms with van der Waals surface area (Å²) in [5, 5.41) is 1.00. The van der Waals surface area contributed by atoms with Crippen molar-refractivity contribution >= 4 is 32.7 Å². The molecule has 1 aromatic carbocycles. The van der Waals surface area contributed by atoms with Crippen molar-refractivity contribution in [3.05, 3.63) is 34.4 Å². The predicted molar refractivity (Wildman–Crippen MR) is 77.9 cm³/mol. The average molecular weight is 309 g/mol. The average Bonchev–Trinajstić information content (AvgIpc) is 2.64. The molecule has 0 saturated heterocycles. The fraction of sp³-hybridized carbons (Fsp3) is 0.357. The minimum atomic E-state index is 0.0867. The van der Waals surface area contributed by atoms with Crippen LogP contribution in [0, 0.1) is 0 Å². The summed E-state index contributed by atoms with van der Waals surface area (Å²) in [5.74, 6) is 0.0867. The maximum atomic E-state index is 12.5. The highest BCUT2D eigenvalue weighted by Gasteiger charge is 2.22. The molecule has 0 bridgehead atoms. The third-order valence-electron chi connectivity index (χ3n) is 3.30. The lowest BCUT2D eigenvalue weighted by molar-refractivity contribution is 0.0774. The Hall–Kier alpha value is -1.29. The molecule has 18 heavy (non-hydrogen) atoms. The Morgan fingerprint density at radius 3 is 2.50 bits per heavy atom. The molecule has 3 nitrogen and oxygen atoms in total. The summed E-state index contributed by atoms with van der Waals surface area (Å²) in [5.41, 5.74) is 1.83. The highest BCUT2D eigenvalue weighted by molar-refractivity contribution is 9.10. The molecule has 0 fully saturated rings. The number of amides is 1. The summed E-state index contributed by atoms with van der Waals surface area (Å²) in [6.07, 6.45) is 0. The number of aryl methyl sites for hydroxylation is 1. The molecular formula is C14H17BrN2O. The number of nitrogens with zero attached hydrogens (tertiary/aromatic N) is 2. The SMILES string of the molecule is CCN(CC)C(=O)c1c(Br)n(C)c2ccccc12. The fourth-order valence-electron chi connectivity index (χ4n) is 2.23. The fourth-order valence-corrected chi connectivity index (χ4v) is 2.81. The van der Waals surface area contributed by atoms with Gasteiger partial charge in [0, 0.05) is 31.0 Å². The molecule has 1 aromatic heterocycles. The zero-order valence-corrected chi connectivity index (χ0v) is 12.5. The first-order valence-electron chi connectivity index (χ1n) is 6.14. The van der Waals surface area contributed by atoms with Gasteiger partial charge in [0.15, 0.2) is 0 Å². The minimum Gasteiger partial charge on any atom is -0.339 e. The molecule has 2 rings (SSSR count). The van der Waals surface area contributed by atoms with Gasteiger partial charge in [-0.1, -0.05) is 18.2 Å². The summed E-state index contributed by atoms with van der Waals surface area (Å²) in [7, 11) is 1.96. The molecule has 0 aliphatic carbocycles. The molecule has 0 N–H and O–H groups in total. The third-order valence-corrected chi connectivity index (χ3v) is 4.23. The second-order valence-corrected chi connectivity index (χ2v) is 4.97. The molecule has 0 saturated carbocycles. The maximum absolute atomic E-state index is 12.5. The molecule has 0 spiro atoms. The van der Waals surface area contributed by atoms with E-state index in [9.17, 15) is 4.79 Å². The number of carbonyl (C=O) groups excluding carboxylic acids is 1. The molecule has 0 unspecified atom stereocenters. The molecule has 1 amide bonds. The summed E-state index contributed by atoms with van der Waals surface area (Å²) in [4.78, 5) is 14.4. The number of carbonyl (C=O) groups is 1. The summed E-state index contributed by atoms with van der Waals surface area (Å²) < 4.78 is 2.85. The van der Waals surface area contributed by atoms with Crippen LogP contribution in [0.25, 0.3) is 10.9 Å². The van der Waals surface area contributed by atoms with E-state index >= 15 is 0 Å². The van der Waals surface area contributed by atoms with E-state index in [4.69, 9.17) is 0 Å². The second kappa shape index (κ2) is 5.14. The number of hydrogen-bond donors (Lipinski definition) is 0. The van der Waals surface area contributed by atoms with Crippen molar-refractivity contribution in [3.63, 3.8) is 0 Å². The molecule has 0 aliphatic heterocycles. The van der Waals surface area contributed by atoms with Crippen molar-refractivity contribution in [1.29, 1.82) is 0 Å². The molecule has 0 atom stereocenters. The van der Waals surface area contributed by atoms with Gasteiger partial charge < -0.3 is 9.47 Å². The van der Waals surface area contributed by atoms with Gasteiger partial charge in [-0.25, -0.2) is 0 Å². The molecule has 0 aliphatic rings. The van der Waals surface area contributed by atoms with Gasteiger partial charge in [0.2, 0.25) is 0 Å². The Morgan fingerprint density at radius 1 is 1.28 bits per heavy atom. The van der Waals surface area contributed by atoms with E-state index in [-0.39, 0.29) is 5.91 Å². The lowest BCUT2D eigenvalue weighted by Gasteiger charge is -2.18. The van der Waals surface area contributed by atoms with E-state index in [1.807, 2.05) is 54.6 Å². The Morgan fingerprint density at radius 2 is 1.89 bits per heavy atom. The van der Waals surface area contributed by atoms with Crippen molar-refractivity contribution in [2.45, 2.75) is 13.8 Å². The largest absolute Gasteiger partial charge is 0.339 e. The van der Waals surface area contributed by atoms with Gasteiger partial charge in [-0.2, -0.15) is 0 Å². The van der Waals surface area contributed by atoms with Gasteiger partial charge in [0.05, 0.1) is 10.2 Å². The number of para-hydroxylation sites is 1. The quantitative estimate of drug-likeness (QED) is 0.853. The van der Waals surface area contributed by atoms with Crippen LogP contribution in [0.2, 0.25) is 0 Å². The van der Waals surface area contributed by atoms with Crippen LogP contribution in [-0.2, 0) is 7.05 Å². The Kier molecular flexibility index (Phi) is 3.76. The first-order chi connectivity index (χ1) is 8.61. The first kappa shape index (κ1) is 13.1. The summed E-state index contributed by atoms with van der Waals surface area (Å²) in [6, 6.07) is 7.98. The lowest BCUT2D eigenvalue weighted by Crippen LogP contribution is -2.30. The number of benzene rings is 1. The van der Waals surface area contributed by atoms with E-state index in [2.05, 4.69) is 15.9 Å². The number of aromatic nitrogens is 1. The van der Waals surface area contributed by atoms with Gasteiger partial charge in [0.25, 0.3) is 5.91 Å². The number of halogens is 1. The first-order valence-corrected chi connectivity index (χ1v) is 6.93. The maximum Gasteiger partial charge on any atom is 0.257 e. The van der Waals surface area contributed by atoms with Crippen LogP contribution in [0.3, 0.4) is 0 Å². The van der Waals surface area contributed by atoms with E-state index in [1.165, 1.54) is 0 Å². The van der Waals surface area contributed by atoms with Crippen molar-refractivity contribution in [2.75, 3.05) is 13.1 Å². The third kappa shape index (κ3) is 1.94. The Balaban J connectivity index is 2.64. The zero-order chi connectivity index (χ0) is 13.3. The van der Waals surface area contributed by atoms with Crippen LogP contribution in [-0.4, -0.2) is 28.5 Å². The standard InChI is InChI=1S/C14H17BrN2O/c1-4-17(5-2)14(18)12-10-8-6-7-9-11(10)16(3)13(12)15/h6-9H,4-5H2,1-3H3. The second-order valence-electron chi connectivity index (χ2n) is 4.22. The minimum absolute atomic E-state index is 0.0867. The van der Waals surface area contributed by atoms with Gasteiger partial charge in [-0.3, -0.25) is 4.79 Å². The monoisotopic (exact) mass is 308 g/mol. The van der Waals surface area contributed by atoms with E-state index in [1.54, 1.807) is 0 Å². The van der Waals surface area contributed by atoms with E-state index in [0.717, 1.165) is 34.2 Å². The molecule has 1 heterocycles. The Bertz CT molecular complexity index is 585. The number of hydrogen-bond acceptors (Lipinski definition) is 1. The summed E-state index contributed by atoms with van der Waals surface area (Å²) >= 11 is 3.54. The number of rotatable bonds is 3. The van der Waals surface area contributed by atoms with E-state index < -0.39 is 0 Å². The molecular weight excluding hydrogens is 292 g/mol.